The van der Waals surface area contributed by atoms with Crippen LogP contribution in [0.2, 0.25) is 0 Å². The third-order valence-electron chi connectivity index (χ3n) is 1.36. The lowest BCUT2D eigenvalue weighted by Gasteiger charge is -2.02. The van der Waals surface area contributed by atoms with Gasteiger partial charge < -0.3 is 10.8 Å². The Balaban J connectivity index is 3.00. The molecule has 5 heteroatoms. The number of nitrogen functional groups attached to an aromatic ring is 1. The molecule has 1 aromatic heterocycles. The molecule has 0 radical (unpaired) electrons. The molecular formula is C7H7BrN2O2. The molecule has 1 rings (SSSR count). The van der Waals surface area contributed by atoms with Crippen molar-refractivity contribution in [1.82, 2.24) is 4.98 Å². The lowest BCUT2D eigenvalue weighted by Crippen LogP contribution is -2.04. The number of anilines is 1. The summed E-state index contributed by atoms with van der Waals surface area (Å²) in [5.41, 5.74) is 6.54. The molecule has 0 unspecified atom stereocenters. The van der Waals surface area contributed by atoms with E-state index in [1.54, 1.807) is 0 Å². The van der Waals surface area contributed by atoms with Crippen molar-refractivity contribution in [3.05, 3.63) is 22.4 Å². The zero-order valence-electron chi connectivity index (χ0n) is 6.12. The van der Waals surface area contributed by atoms with E-state index in [1.165, 1.54) is 12.4 Å². The number of carboxylic acids is 1. The van der Waals surface area contributed by atoms with Crippen LogP contribution >= 0.6 is 15.9 Å². The summed E-state index contributed by atoms with van der Waals surface area (Å²) in [5, 5.41) is 8.48. The quantitative estimate of drug-likeness (QED) is 0.797. The van der Waals surface area contributed by atoms with E-state index in [4.69, 9.17) is 10.8 Å². The van der Waals surface area contributed by atoms with Gasteiger partial charge in [-0.1, -0.05) is 0 Å². The molecule has 0 saturated heterocycles. The van der Waals surface area contributed by atoms with Gasteiger partial charge in [0.1, 0.15) is 0 Å². The average Bonchev–Trinajstić information content (AvgIpc) is 1.98. The van der Waals surface area contributed by atoms with Crippen LogP contribution < -0.4 is 5.73 Å². The lowest BCUT2D eigenvalue weighted by molar-refractivity contribution is -0.136. The SMILES string of the molecule is Nc1c(Br)cncc1CC(=O)O. The number of rotatable bonds is 2. The summed E-state index contributed by atoms with van der Waals surface area (Å²) >= 11 is 3.16. The van der Waals surface area contributed by atoms with Crippen LogP contribution in [-0.2, 0) is 11.2 Å². The molecule has 1 aromatic rings. The molecule has 0 aromatic carbocycles. The minimum absolute atomic E-state index is 0.0989. The third-order valence-corrected chi connectivity index (χ3v) is 2.00. The Morgan fingerprint density at radius 3 is 2.92 bits per heavy atom. The fraction of sp³-hybridized carbons (Fsp3) is 0.143. The summed E-state index contributed by atoms with van der Waals surface area (Å²) in [6.45, 7) is 0. The van der Waals surface area contributed by atoms with Gasteiger partial charge in [0, 0.05) is 18.0 Å². The number of nitrogens with zero attached hydrogens (tertiary/aromatic N) is 1. The highest BCUT2D eigenvalue weighted by molar-refractivity contribution is 9.10. The molecule has 0 fully saturated rings. The van der Waals surface area contributed by atoms with Gasteiger partial charge in [0.05, 0.1) is 16.6 Å². The molecule has 0 saturated carbocycles. The highest BCUT2D eigenvalue weighted by atomic mass is 79.9. The van der Waals surface area contributed by atoms with Crippen LogP contribution in [0, 0.1) is 0 Å². The Hall–Kier alpha value is -1.10. The Bertz CT molecular complexity index is 314. The fourth-order valence-electron chi connectivity index (χ4n) is 0.789. The number of aromatic nitrogens is 1. The van der Waals surface area contributed by atoms with Gasteiger partial charge in [-0.2, -0.15) is 0 Å². The topological polar surface area (TPSA) is 76.2 Å². The second-order valence-corrected chi connectivity index (χ2v) is 3.12. The van der Waals surface area contributed by atoms with E-state index in [0.29, 0.717) is 15.7 Å². The molecular weight excluding hydrogens is 224 g/mol. The number of pyridine rings is 1. The zero-order chi connectivity index (χ0) is 9.14. The van der Waals surface area contributed by atoms with E-state index >= 15 is 0 Å². The van der Waals surface area contributed by atoms with E-state index in [1.807, 2.05) is 0 Å². The minimum Gasteiger partial charge on any atom is -0.481 e. The summed E-state index contributed by atoms with van der Waals surface area (Å²) in [6.07, 6.45) is 2.88. The predicted octanol–water partition coefficient (Wildman–Crippen LogP) is 1.05. The van der Waals surface area contributed by atoms with E-state index in [2.05, 4.69) is 20.9 Å². The highest BCUT2D eigenvalue weighted by Crippen LogP contribution is 2.21. The van der Waals surface area contributed by atoms with Crippen molar-refractivity contribution in [2.24, 2.45) is 0 Å². The first-order valence-corrected chi connectivity index (χ1v) is 4.00. The summed E-state index contributed by atoms with van der Waals surface area (Å²) in [5.74, 6) is -0.915. The second kappa shape index (κ2) is 3.53. The normalized spacial score (nSPS) is 9.75. The predicted molar refractivity (Wildman–Crippen MR) is 47.7 cm³/mol. The first kappa shape index (κ1) is 8.99. The van der Waals surface area contributed by atoms with Gasteiger partial charge in [0.25, 0.3) is 0 Å². The summed E-state index contributed by atoms with van der Waals surface area (Å²) < 4.78 is 0.626. The Morgan fingerprint density at radius 1 is 1.67 bits per heavy atom. The Kier molecular flexibility index (Phi) is 2.65. The van der Waals surface area contributed by atoms with Crippen molar-refractivity contribution < 1.29 is 9.90 Å². The van der Waals surface area contributed by atoms with Crippen LogP contribution in [0.1, 0.15) is 5.56 Å². The first-order chi connectivity index (χ1) is 5.61. The minimum atomic E-state index is -0.915. The van der Waals surface area contributed by atoms with Crippen LogP contribution in [0.15, 0.2) is 16.9 Å². The molecule has 0 spiro atoms. The number of hydrogen-bond acceptors (Lipinski definition) is 3. The highest BCUT2D eigenvalue weighted by Gasteiger charge is 2.06. The molecule has 64 valence electrons. The summed E-state index contributed by atoms with van der Waals surface area (Å²) in [4.78, 5) is 14.1. The van der Waals surface area contributed by atoms with Gasteiger partial charge >= 0.3 is 5.97 Å². The zero-order valence-corrected chi connectivity index (χ0v) is 7.71. The van der Waals surface area contributed by atoms with Crippen molar-refractivity contribution in [2.75, 3.05) is 5.73 Å². The van der Waals surface area contributed by atoms with Gasteiger partial charge in [-0.25, -0.2) is 0 Å². The molecule has 0 aliphatic carbocycles. The van der Waals surface area contributed by atoms with Crippen molar-refractivity contribution in [3.8, 4) is 0 Å². The number of carbonyl (C=O) groups is 1. The number of halogens is 1. The van der Waals surface area contributed by atoms with E-state index < -0.39 is 5.97 Å². The van der Waals surface area contributed by atoms with Gasteiger partial charge in [0.2, 0.25) is 0 Å². The maximum Gasteiger partial charge on any atom is 0.307 e. The van der Waals surface area contributed by atoms with E-state index in [-0.39, 0.29) is 6.42 Å². The first-order valence-electron chi connectivity index (χ1n) is 3.21. The van der Waals surface area contributed by atoms with Gasteiger partial charge in [0.15, 0.2) is 0 Å². The summed E-state index contributed by atoms with van der Waals surface area (Å²) in [6, 6.07) is 0. The van der Waals surface area contributed by atoms with Crippen LogP contribution in [0.3, 0.4) is 0 Å². The van der Waals surface area contributed by atoms with E-state index in [9.17, 15) is 4.79 Å². The van der Waals surface area contributed by atoms with Crippen LogP contribution in [-0.4, -0.2) is 16.1 Å². The molecule has 0 amide bonds. The fourth-order valence-corrected chi connectivity index (χ4v) is 1.16. The number of nitrogens with two attached hydrogens (primary N) is 1. The molecule has 0 aliphatic rings. The van der Waals surface area contributed by atoms with E-state index in [0.717, 1.165) is 0 Å². The monoisotopic (exact) mass is 230 g/mol. The van der Waals surface area contributed by atoms with Crippen molar-refractivity contribution in [1.29, 1.82) is 0 Å². The standard InChI is InChI=1S/C7H7BrN2O2/c8-5-3-10-2-4(7(5)9)1-6(11)12/h2-3H,1H2,(H2,9,10)(H,11,12). The maximum absolute atomic E-state index is 10.3. The summed E-state index contributed by atoms with van der Waals surface area (Å²) in [7, 11) is 0. The average molecular weight is 231 g/mol. The Labute approximate surface area is 77.5 Å². The van der Waals surface area contributed by atoms with Crippen LogP contribution in [0.5, 0.6) is 0 Å². The number of carboxylic acid groups (broad SMARTS) is 1. The molecule has 0 bridgehead atoms. The van der Waals surface area contributed by atoms with Crippen molar-refractivity contribution in [2.45, 2.75) is 6.42 Å². The van der Waals surface area contributed by atoms with Crippen molar-refractivity contribution in [3.63, 3.8) is 0 Å². The molecule has 3 N–H and O–H groups in total. The van der Waals surface area contributed by atoms with Crippen LogP contribution in [0.4, 0.5) is 5.69 Å². The van der Waals surface area contributed by atoms with Gasteiger partial charge in [-0.3, -0.25) is 9.78 Å². The molecule has 4 nitrogen and oxygen atoms in total. The Morgan fingerprint density at radius 2 is 2.33 bits per heavy atom. The molecule has 0 atom stereocenters. The number of hydrogen-bond donors (Lipinski definition) is 2. The lowest BCUT2D eigenvalue weighted by atomic mass is 10.2. The smallest absolute Gasteiger partial charge is 0.307 e. The van der Waals surface area contributed by atoms with Crippen LogP contribution in [0.25, 0.3) is 0 Å². The molecule has 1 heterocycles. The largest absolute Gasteiger partial charge is 0.481 e. The maximum atomic E-state index is 10.3. The third kappa shape index (κ3) is 1.94. The van der Waals surface area contributed by atoms with Gasteiger partial charge in [-0.15, -0.1) is 0 Å². The molecule has 12 heavy (non-hydrogen) atoms. The molecule has 0 aliphatic heterocycles. The second-order valence-electron chi connectivity index (χ2n) is 2.26. The number of aliphatic carboxylic acids is 1. The van der Waals surface area contributed by atoms with Crippen molar-refractivity contribution >= 4 is 27.6 Å². The van der Waals surface area contributed by atoms with Gasteiger partial charge in [-0.05, 0) is 15.9 Å².